The first-order valence-corrected chi connectivity index (χ1v) is 6.54. The first-order chi connectivity index (χ1) is 9.72. The summed E-state index contributed by atoms with van der Waals surface area (Å²) in [7, 11) is 0. The molecule has 0 bridgehead atoms. The molecule has 0 radical (unpaired) electrons. The molecule has 2 aromatic rings. The number of nitrogens with zero attached hydrogens (tertiary/aromatic N) is 1. The predicted octanol–water partition coefficient (Wildman–Crippen LogP) is 1.94. The predicted molar refractivity (Wildman–Crippen MR) is 71.5 cm³/mol. The number of hydrogen-bond donors (Lipinski definition) is 1. The summed E-state index contributed by atoms with van der Waals surface area (Å²) in [6, 6.07) is 7.83. The van der Waals surface area contributed by atoms with Gasteiger partial charge >= 0.3 is 0 Å². The maximum atomic E-state index is 11.8. The molecule has 1 aliphatic heterocycles. The fourth-order valence-corrected chi connectivity index (χ4v) is 2.43. The lowest BCUT2D eigenvalue weighted by molar-refractivity contribution is -0.136. The Kier molecular flexibility index (Phi) is 3.33. The van der Waals surface area contributed by atoms with Crippen LogP contribution in [0.5, 0.6) is 0 Å². The molecule has 1 aromatic carbocycles. The van der Waals surface area contributed by atoms with Gasteiger partial charge in [-0.25, -0.2) is 4.98 Å². The third-order valence-electron chi connectivity index (χ3n) is 3.48. The van der Waals surface area contributed by atoms with E-state index in [-0.39, 0.29) is 17.7 Å². The maximum Gasteiger partial charge on any atom is 0.230 e. The second-order valence-corrected chi connectivity index (χ2v) is 4.92. The molecule has 5 nitrogen and oxygen atoms in total. The Morgan fingerprint density at radius 2 is 2.25 bits per heavy atom. The number of rotatable bonds is 3. The minimum absolute atomic E-state index is 0.141. The molecule has 1 unspecified atom stereocenters. The van der Waals surface area contributed by atoms with Gasteiger partial charge in [-0.15, -0.1) is 0 Å². The molecular weight excluding hydrogens is 256 g/mol. The first kappa shape index (κ1) is 12.6. The Bertz CT molecular complexity index is 634. The third-order valence-corrected chi connectivity index (χ3v) is 3.48. The second-order valence-electron chi connectivity index (χ2n) is 4.92. The largest absolute Gasteiger partial charge is 0.444 e. The average molecular weight is 270 g/mol. The Morgan fingerprint density at radius 3 is 3.00 bits per heavy atom. The first-order valence-electron chi connectivity index (χ1n) is 6.54. The van der Waals surface area contributed by atoms with Crippen LogP contribution in [0, 0.1) is 5.92 Å². The second kappa shape index (κ2) is 5.28. The molecule has 1 aliphatic rings. The van der Waals surface area contributed by atoms with Crippen molar-refractivity contribution in [2.45, 2.75) is 19.3 Å². The van der Waals surface area contributed by atoms with Gasteiger partial charge in [0.15, 0.2) is 12.2 Å². The van der Waals surface area contributed by atoms with Crippen LogP contribution < -0.4 is 5.32 Å². The molecule has 20 heavy (non-hydrogen) atoms. The summed E-state index contributed by atoms with van der Waals surface area (Å²) in [5.41, 5.74) is 1.99. The Morgan fingerprint density at radius 1 is 1.35 bits per heavy atom. The molecule has 102 valence electrons. The van der Waals surface area contributed by atoms with Crippen molar-refractivity contribution in [2.24, 2.45) is 5.92 Å². The number of carbonyl (C=O) groups excluding carboxylic acids is 2. The summed E-state index contributed by atoms with van der Waals surface area (Å²) < 4.78 is 5.26. The fraction of sp³-hybridized carbons (Fsp3) is 0.267. The Balaban J connectivity index is 1.76. The van der Waals surface area contributed by atoms with E-state index >= 15 is 0 Å². The Hall–Kier alpha value is -2.43. The van der Waals surface area contributed by atoms with Crippen LogP contribution in [0.2, 0.25) is 0 Å². The van der Waals surface area contributed by atoms with Crippen molar-refractivity contribution in [2.75, 3.05) is 0 Å². The van der Waals surface area contributed by atoms with Gasteiger partial charge in [0.1, 0.15) is 0 Å². The lowest BCUT2D eigenvalue weighted by Crippen LogP contribution is -2.41. The molecule has 0 saturated carbocycles. The lowest BCUT2D eigenvalue weighted by atomic mass is 9.90. The standard InChI is InChI=1S/C15H14N2O3/c18-14-5-4-12(15(19)17-14)7-10-2-1-3-11(6-10)13-8-16-9-20-13/h1-3,6,8-9,12H,4-5,7H2,(H,17,18,19). The maximum absolute atomic E-state index is 11.8. The molecule has 2 heterocycles. The number of benzene rings is 1. The number of piperidine rings is 1. The van der Waals surface area contributed by atoms with Gasteiger partial charge in [-0.1, -0.05) is 18.2 Å². The molecule has 3 rings (SSSR count). The normalized spacial score (nSPS) is 18.9. The summed E-state index contributed by atoms with van der Waals surface area (Å²) in [4.78, 5) is 26.8. The molecule has 1 atom stereocenters. The number of hydrogen-bond acceptors (Lipinski definition) is 4. The average Bonchev–Trinajstić information content (AvgIpc) is 2.96. The van der Waals surface area contributed by atoms with Gasteiger partial charge in [0.05, 0.1) is 6.20 Å². The molecular formula is C15H14N2O3. The zero-order chi connectivity index (χ0) is 13.9. The van der Waals surface area contributed by atoms with Crippen molar-refractivity contribution in [3.8, 4) is 11.3 Å². The summed E-state index contributed by atoms with van der Waals surface area (Å²) in [6.07, 6.45) is 4.70. The van der Waals surface area contributed by atoms with Crippen molar-refractivity contribution in [3.05, 3.63) is 42.4 Å². The van der Waals surface area contributed by atoms with Gasteiger partial charge in [-0.3, -0.25) is 14.9 Å². The minimum Gasteiger partial charge on any atom is -0.444 e. The van der Waals surface area contributed by atoms with Crippen LogP contribution in [0.25, 0.3) is 11.3 Å². The van der Waals surface area contributed by atoms with Crippen LogP contribution in [0.4, 0.5) is 0 Å². The highest BCUT2D eigenvalue weighted by molar-refractivity contribution is 5.98. The quantitative estimate of drug-likeness (QED) is 0.865. The number of imide groups is 1. The van der Waals surface area contributed by atoms with E-state index in [2.05, 4.69) is 10.3 Å². The number of carbonyl (C=O) groups is 2. The number of oxazole rings is 1. The van der Waals surface area contributed by atoms with Gasteiger partial charge in [-0.05, 0) is 24.5 Å². The van der Waals surface area contributed by atoms with Gasteiger partial charge in [0.25, 0.3) is 0 Å². The molecule has 1 N–H and O–H groups in total. The third kappa shape index (κ3) is 2.61. The monoisotopic (exact) mass is 270 g/mol. The van der Waals surface area contributed by atoms with Crippen LogP contribution in [0.15, 0.2) is 41.3 Å². The molecule has 5 heteroatoms. The van der Waals surface area contributed by atoms with Crippen LogP contribution in [-0.4, -0.2) is 16.8 Å². The van der Waals surface area contributed by atoms with E-state index in [4.69, 9.17) is 4.42 Å². The van der Waals surface area contributed by atoms with E-state index in [0.717, 1.165) is 11.1 Å². The van der Waals surface area contributed by atoms with E-state index in [1.807, 2.05) is 24.3 Å². The van der Waals surface area contributed by atoms with Crippen molar-refractivity contribution in [3.63, 3.8) is 0 Å². The van der Waals surface area contributed by atoms with E-state index in [1.54, 1.807) is 6.20 Å². The number of amides is 2. The van der Waals surface area contributed by atoms with Crippen LogP contribution in [0.3, 0.4) is 0 Å². The van der Waals surface area contributed by atoms with Crippen molar-refractivity contribution in [1.82, 2.24) is 10.3 Å². The van der Waals surface area contributed by atoms with Gasteiger partial charge in [0, 0.05) is 17.9 Å². The highest BCUT2D eigenvalue weighted by Crippen LogP contribution is 2.23. The smallest absolute Gasteiger partial charge is 0.230 e. The molecule has 1 aromatic heterocycles. The number of nitrogens with one attached hydrogen (secondary N) is 1. The Labute approximate surface area is 116 Å². The van der Waals surface area contributed by atoms with Crippen molar-refractivity contribution >= 4 is 11.8 Å². The number of aromatic nitrogens is 1. The van der Waals surface area contributed by atoms with Crippen molar-refractivity contribution < 1.29 is 14.0 Å². The molecule has 1 saturated heterocycles. The topological polar surface area (TPSA) is 72.2 Å². The zero-order valence-electron chi connectivity index (χ0n) is 10.8. The molecule has 0 spiro atoms. The van der Waals surface area contributed by atoms with Crippen molar-refractivity contribution in [1.29, 1.82) is 0 Å². The van der Waals surface area contributed by atoms with Crippen LogP contribution in [0.1, 0.15) is 18.4 Å². The van der Waals surface area contributed by atoms with Gasteiger partial charge < -0.3 is 4.42 Å². The van der Waals surface area contributed by atoms with E-state index in [0.29, 0.717) is 25.0 Å². The summed E-state index contributed by atoms with van der Waals surface area (Å²) in [5.74, 6) is 0.209. The van der Waals surface area contributed by atoms with E-state index in [1.165, 1.54) is 6.39 Å². The molecule has 0 aliphatic carbocycles. The highest BCUT2D eigenvalue weighted by atomic mass is 16.3. The van der Waals surface area contributed by atoms with Crippen LogP contribution >= 0.6 is 0 Å². The van der Waals surface area contributed by atoms with Crippen LogP contribution in [-0.2, 0) is 16.0 Å². The SMILES string of the molecule is O=C1CCC(Cc2cccc(-c3cnco3)c2)C(=O)N1. The molecule has 2 amide bonds. The van der Waals surface area contributed by atoms with E-state index in [9.17, 15) is 9.59 Å². The summed E-state index contributed by atoms with van der Waals surface area (Å²) in [6.45, 7) is 0. The van der Waals surface area contributed by atoms with E-state index < -0.39 is 0 Å². The highest BCUT2D eigenvalue weighted by Gasteiger charge is 2.26. The summed E-state index contributed by atoms with van der Waals surface area (Å²) >= 11 is 0. The minimum atomic E-state index is -0.179. The van der Waals surface area contributed by atoms with Gasteiger partial charge in [0.2, 0.25) is 11.8 Å². The molecule has 1 fully saturated rings. The van der Waals surface area contributed by atoms with Gasteiger partial charge in [-0.2, -0.15) is 0 Å². The lowest BCUT2D eigenvalue weighted by Gasteiger charge is -2.20. The zero-order valence-corrected chi connectivity index (χ0v) is 10.8. The summed E-state index contributed by atoms with van der Waals surface area (Å²) in [5, 5.41) is 2.39. The fourth-order valence-electron chi connectivity index (χ4n) is 2.43.